The van der Waals surface area contributed by atoms with Gasteiger partial charge < -0.3 is 5.32 Å². The van der Waals surface area contributed by atoms with Gasteiger partial charge in [-0.25, -0.2) is 9.18 Å². The van der Waals surface area contributed by atoms with Crippen molar-refractivity contribution in [2.75, 3.05) is 0 Å². The van der Waals surface area contributed by atoms with Gasteiger partial charge in [-0.3, -0.25) is 10.1 Å². The summed E-state index contributed by atoms with van der Waals surface area (Å²) < 4.78 is 13.1. The number of aromatic nitrogens is 4. The van der Waals surface area contributed by atoms with Crippen molar-refractivity contribution >= 4 is 11.9 Å². The summed E-state index contributed by atoms with van der Waals surface area (Å²) >= 11 is 0. The third-order valence-electron chi connectivity index (χ3n) is 2.99. The number of urea groups is 1. The molecular formula is C13H13FN6O2. The molecule has 0 unspecified atom stereocenters. The summed E-state index contributed by atoms with van der Waals surface area (Å²) in [6.07, 6.45) is 1.87. The lowest BCUT2D eigenvalue weighted by molar-refractivity contribution is -0.121. The number of amides is 3. The highest BCUT2D eigenvalue weighted by Gasteiger charge is 2.24. The maximum absolute atomic E-state index is 13.1. The Balaban J connectivity index is 1.59. The Bertz CT molecular complexity index is 712. The first-order valence-electron chi connectivity index (χ1n) is 6.74. The van der Waals surface area contributed by atoms with Gasteiger partial charge in [0.05, 0.1) is 0 Å². The van der Waals surface area contributed by atoms with Crippen LogP contribution in [0.2, 0.25) is 0 Å². The zero-order valence-electron chi connectivity index (χ0n) is 11.5. The van der Waals surface area contributed by atoms with Crippen LogP contribution in [-0.4, -0.2) is 38.2 Å². The van der Waals surface area contributed by atoms with Gasteiger partial charge >= 0.3 is 6.03 Å². The van der Waals surface area contributed by atoms with Crippen molar-refractivity contribution in [2.24, 2.45) is 0 Å². The number of nitrogens with zero attached hydrogens (tertiary/aromatic N) is 4. The van der Waals surface area contributed by atoms with Gasteiger partial charge in [-0.15, -0.1) is 10.2 Å². The van der Waals surface area contributed by atoms with Crippen LogP contribution in [-0.2, 0) is 11.3 Å². The number of carbonyl (C=O) groups is 2. The zero-order valence-corrected chi connectivity index (χ0v) is 11.5. The quantitative estimate of drug-likeness (QED) is 0.855. The average molecular weight is 304 g/mol. The second-order valence-corrected chi connectivity index (χ2v) is 4.95. The Morgan fingerprint density at radius 1 is 1.36 bits per heavy atom. The topological polar surface area (TPSA) is 102 Å². The van der Waals surface area contributed by atoms with Crippen LogP contribution in [0.25, 0.3) is 11.4 Å². The van der Waals surface area contributed by atoms with Gasteiger partial charge in [-0.05, 0) is 30.2 Å². The van der Waals surface area contributed by atoms with Crippen LogP contribution in [0.4, 0.5) is 9.18 Å². The molecule has 1 aromatic heterocycles. The molecule has 2 aromatic rings. The molecule has 1 aliphatic rings. The fraction of sp³-hybridized carbons (Fsp3) is 0.308. The Kier molecular flexibility index (Phi) is 3.77. The number of hydrogen-bond donors (Lipinski definition) is 2. The summed E-state index contributed by atoms with van der Waals surface area (Å²) in [6, 6.07) is 5.37. The van der Waals surface area contributed by atoms with E-state index in [9.17, 15) is 14.0 Å². The smallest absolute Gasteiger partial charge is 0.321 e. The molecule has 3 rings (SSSR count). The zero-order chi connectivity index (χ0) is 15.5. The minimum absolute atomic E-state index is 0.164. The molecule has 0 atom stereocenters. The SMILES string of the molecule is O=C(Cn1nnc(-c2cccc(F)c2)n1)NC(=O)NC1CC1. The largest absolute Gasteiger partial charge is 0.335 e. The van der Waals surface area contributed by atoms with Crippen molar-refractivity contribution in [3.63, 3.8) is 0 Å². The van der Waals surface area contributed by atoms with Crippen LogP contribution in [0.1, 0.15) is 12.8 Å². The summed E-state index contributed by atoms with van der Waals surface area (Å²) in [5, 5.41) is 16.2. The van der Waals surface area contributed by atoms with Crippen molar-refractivity contribution in [1.82, 2.24) is 30.8 Å². The number of rotatable bonds is 4. The molecule has 0 aliphatic heterocycles. The second kappa shape index (κ2) is 5.88. The Hall–Kier alpha value is -2.84. The van der Waals surface area contributed by atoms with Crippen molar-refractivity contribution in [1.29, 1.82) is 0 Å². The predicted molar refractivity (Wildman–Crippen MR) is 72.9 cm³/mol. The molecule has 1 fully saturated rings. The molecule has 114 valence electrons. The van der Waals surface area contributed by atoms with Gasteiger partial charge in [-0.2, -0.15) is 4.80 Å². The van der Waals surface area contributed by atoms with E-state index in [0.29, 0.717) is 5.56 Å². The maximum Gasteiger partial charge on any atom is 0.321 e. The van der Waals surface area contributed by atoms with Crippen molar-refractivity contribution in [3.8, 4) is 11.4 Å². The van der Waals surface area contributed by atoms with E-state index in [-0.39, 0.29) is 18.4 Å². The standard InChI is InChI=1S/C13H13FN6O2/c14-9-3-1-2-8(6-9)12-17-19-20(18-12)7-11(21)16-13(22)15-10-4-5-10/h1-3,6,10H,4-5,7H2,(H2,15,16,21,22). The first-order valence-corrected chi connectivity index (χ1v) is 6.74. The number of imide groups is 1. The summed E-state index contributed by atoms with van der Waals surface area (Å²) in [5.41, 5.74) is 0.457. The third kappa shape index (κ3) is 3.62. The molecular weight excluding hydrogens is 291 g/mol. The molecule has 1 heterocycles. The highest BCUT2D eigenvalue weighted by atomic mass is 19.1. The normalized spacial score (nSPS) is 13.7. The summed E-state index contributed by atoms with van der Waals surface area (Å²) in [7, 11) is 0. The van der Waals surface area contributed by atoms with Gasteiger partial charge in [0.1, 0.15) is 12.4 Å². The predicted octanol–water partition coefficient (Wildman–Crippen LogP) is 0.467. The molecule has 1 aromatic carbocycles. The van der Waals surface area contributed by atoms with E-state index in [0.717, 1.165) is 17.6 Å². The molecule has 0 radical (unpaired) electrons. The van der Waals surface area contributed by atoms with E-state index in [4.69, 9.17) is 0 Å². The maximum atomic E-state index is 13.1. The molecule has 8 nitrogen and oxygen atoms in total. The molecule has 3 amide bonds. The number of halogens is 1. The van der Waals surface area contributed by atoms with E-state index in [2.05, 4.69) is 26.0 Å². The highest BCUT2D eigenvalue weighted by Crippen LogP contribution is 2.18. The van der Waals surface area contributed by atoms with Crippen LogP contribution in [0.15, 0.2) is 24.3 Å². The molecule has 1 saturated carbocycles. The molecule has 22 heavy (non-hydrogen) atoms. The molecule has 2 N–H and O–H groups in total. The Morgan fingerprint density at radius 2 is 2.18 bits per heavy atom. The van der Waals surface area contributed by atoms with Crippen molar-refractivity contribution in [2.45, 2.75) is 25.4 Å². The minimum atomic E-state index is -0.554. The lowest BCUT2D eigenvalue weighted by Gasteiger charge is -2.04. The number of hydrogen-bond acceptors (Lipinski definition) is 5. The molecule has 0 spiro atoms. The van der Waals surface area contributed by atoms with Crippen LogP contribution in [0.3, 0.4) is 0 Å². The van der Waals surface area contributed by atoms with Crippen LogP contribution < -0.4 is 10.6 Å². The summed E-state index contributed by atoms with van der Waals surface area (Å²) in [4.78, 5) is 24.1. The fourth-order valence-electron chi connectivity index (χ4n) is 1.80. The molecule has 9 heteroatoms. The van der Waals surface area contributed by atoms with Crippen molar-refractivity contribution < 1.29 is 14.0 Å². The first kappa shape index (κ1) is 14.1. The highest BCUT2D eigenvalue weighted by molar-refractivity contribution is 5.94. The number of tetrazole rings is 1. The fourth-order valence-corrected chi connectivity index (χ4v) is 1.80. The van der Waals surface area contributed by atoms with Crippen molar-refractivity contribution in [3.05, 3.63) is 30.1 Å². The molecule has 1 aliphatic carbocycles. The van der Waals surface area contributed by atoms with Gasteiger partial charge in [-0.1, -0.05) is 12.1 Å². The van der Waals surface area contributed by atoms with E-state index in [1.807, 2.05) is 0 Å². The van der Waals surface area contributed by atoms with E-state index >= 15 is 0 Å². The lowest BCUT2D eigenvalue weighted by atomic mass is 10.2. The minimum Gasteiger partial charge on any atom is -0.335 e. The van der Waals surface area contributed by atoms with Crippen LogP contribution in [0, 0.1) is 5.82 Å². The van der Waals surface area contributed by atoms with Gasteiger partial charge in [0, 0.05) is 11.6 Å². The molecule has 0 saturated heterocycles. The second-order valence-electron chi connectivity index (χ2n) is 4.95. The van der Waals surface area contributed by atoms with Crippen LogP contribution >= 0.6 is 0 Å². The summed E-state index contributed by atoms with van der Waals surface area (Å²) in [5.74, 6) is -0.764. The van der Waals surface area contributed by atoms with Gasteiger partial charge in [0.15, 0.2) is 0 Å². The Morgan fingerprint density at radius 3 is 2.91 bits per heavy atom. The molecule has 0 bridgehead atoms. The first-order chi connectivity index (χ1) is 10.6. The van der Waals surface area contributed by atoms with Gasteiger partial charge in [0.2, 0.25) is 5.82 Å². The Labute approximate surface area is 124 Å². The average Bonchev–Trinajstić information content (AvgIpc) is 3.14. The van der Waals surface area contributed by atoms with E-state index in [1.165, 1.54) is 18.2 Å². The number of carbonyl (C=O) groups excluding carboxylic acids is 2. The van der Waals surface area contributed by atoms with Gasteiger partial charge in [0.25, 0.3) is 5.91 Å². The monoisotopic (exact) mass is 304 g/mol. The third-order valence-corrected chi connectivity index (χ3v) is 2.99. The summed E-state index contributed by atoms with van der Waals surface area (Å²) in [6.45, 7) is -0.250. The number of benzene rings is 1. The van der Waals surface area contributed by atoms with E-state index in [1.54, 1.807) is 6.07 Å². The van der Waals surface area contributed by atoms with E-state index < -0.39 is 17.8 Å². The lowest BCUT2D eigenvalue weighted by Crippen LogP contribution is -2.42. The number of nitrogens with one attached hydrogen (secondary N) is 2. The van der Waals surface area contributed by atoms with Crippen LogP contribution in [0.5, 0.6) is 0 Å².